The maximum atomic E-state index is 9.66. The molecule has 32 heavy (non-hydrogen) atoms. The van der Waals surface area contributed by atoms with Crippen LogP contribution in [-0.2, 0) is 12.8 Å². The Kier molecular flexibility index (Phi) is 5.02. The van der Waals surface area contributed by atoms with Crippen molar-refractivity contribution < 1.29 is 5.11 Å². The van der Waals surface area contributed by atoms with Crippen LogP contribution in [0, 0.1) is 5.41 Å². The maximum Gasteiger partial charge on any atom is 0.0656 e. The first-order chi connectivity index (χ1) is 15.3. The Morgan fingerprint density at radius 3 is 2.50 bits per heavy atom. The molecule has 164 valence electrons. The van der Waals surface area contributed by atoms with Gasteiger partial charge in [-0.1, -0.05) is 74.5 Å². The average molecular weight is 424 g/mol. The van der Waals surface area contributed by atoms with E-state index in [2.05, 4.69) is 92.0 Å². The zero-order valence-electron chi connectivity index (χ0n) is 19.6. The number of aliphatic hydroxyl groups is 1. The predicted octanol–water partition coefficient (Wildman–Crippen LogP) is 7.08. The third-order valence-electron chi connectivity index (χ3n) is 7.30. The number of rotatable bonds is 4. The minimum Gasteiger partial charge on any atom is -0.394 e. The molecule has 2 N–H and O–H groups in total. The Hall–Kier alpha value is -2.84. The Balaban J connectivity index is 1.56. The molecule has 1 unspecified atom stereocenters. The maximum absolute atomic E-state index is 9.66. The van der Waals surface area contributed by atoms with Gasteiger partial charge in [-0.3, -0.25) is 0 Å². The summed E-state index contributed by atoms with van der Waals surface area (Å²) in [5.41, 5.74) is 5.26. The molecule has 0 fully saturated rings. The fourth-order valence-corrected chi connectivity index (χ4v) is 5.50. The van der Waals surface area contributed by atoms with Crippen LogP contribution in [0.25, 0.3) is 21.5 Å². The quantitative estimate of drug-likeness (QED) is 0.344. The van der Waals surface area contributed by atoms with E-state index in [-0.39, 0.29) is 17.6 Å². The topological polar surface area (TPSA) is 32.3 Å². The van der Waals surface area contributed by atoms with Crippen molar-refractivity contribution in [3.63, 3.8) is 0 Å². The number of hydrogen-bond acceptors (Lipinski definition) is 2. The van der Waals surface area contributed by atoms with Crippen molar-refractivity contribution >= 4 is 27.2 Å². The van der Waals surface area contributed by atoms with Crippen molar-refractivity contribution in [2.75, 3.05) is 11.9 Å². The normalized spacial score (nSPS) is 18.0. The van der Waals surface area contributed by atoms with Crippen LogP contribution in [0.15, 0.2) is 72.8 Å². The van der Waals surface area contributed by atoms with Gasteiger partial charge in [-0.15, -0.1) is 0 Å². The van der Waals surface area contributed by atoms with Crippen molar-refractivity contribution in [1.29, 1.82) is 0 Å². The van der Waals surface area contributed by atoms with E-state index in [1.54, 1.807) is 0 Å². The lowest BCUT2D eigenvalue weighted by atomic mass is 9.63. The van der Waals surface area contributed by atoms with Gasteiger partial charge in [-0.05, 0) is 88.4 Å². The number of anilines is 1. The summed E-state index contributed by atoms with van der Waals surface area (Å²) in [6, 6.07) is 26.8. The third-order valence-corrected chi connectivity index (χ3v) is 7.30. The Morgan fingerprint density at radius 2 is 1.69 bits per heavy atom. The van der Waals surface area contributed by atoms with Gasteiger partial charge in [0, 0.05) is 5.69 Å². The summed E-state index contributed by atoms with van der Waals surface area (Å²) in [7, 11) is 0. The van der Waals surface area contributed by atoms with E-state index in [9.17, 15) is 5.11 Å². The molecule has 4 aromatic carbocycles. The Labute approximate surface area is 191 Å². The largest absolute Gasteiger partial charge is 0.394 e. The van der Waals surface area contributed by atoms with E-state index in [4.69, 9.17) is 0 Å². The summed E-state index contributed by atoms with van der Waals surface area (Å²) in [5, 5.41) is 18.6. The lowest BCUT2D eigenvalue weighted by Gasteiger charge is -2.41. The highest BCUT2D eigenvalue weighted by Crippen LogP contribution is 2.48. The van der Waals surface area contributed by atoms with Crippen molar-refractivity contribution in [2.45, 2.75) is 52.0 Å². The second-order valence-electron chi connectivity index (χ2n) is 10.8. The highest BCUT2D eigenvalue weighted by atomic mass is 16.3. The molecular formula is C30H33NO. The SMILES string of the molecule is CC(C)(CO)Nc1cccc(C2Cc3ccc4c(ccc5ccccc54)c3CC2(C)C)c1. The molecule has 1 atom stereocenters. The second kappa shape index (κ2) is 7.64. The van der Waals surface area contributed by atoms with Crippen LogP contribution < -0.4 is 5.32 Å². The van der Waals surface area contributed by atoms with E-state index in [1.807, 2.05) is 13.8 Å². The number of fused-ring (bicyclic) bond motifs is 5. The molecule has 0 radical (unpaired) electrons. The van der Waals surface area contributed by atoms with E-state index in [1.165, 1.54) is 38.2 Å². The van der Waals surface area contributed by atoms with Gasteiger partial charge in [0.1, 0.15) is 0 Å². The monoisotopic (exact) mass is 423 g/mol. The van der Waals surface area contributed by atoms with Gasteiger partial charge >= 0.3 is 0 Å². The van der Waals surface area contributed by atoms with E-state index in [0.717, 1.165) is 18.5 Å². The van der Waals surface area contributed by atoms with Gasteiger partial charge in [0.05, 0.1) is 12.1 Å². The highest BCUT2D eigenvalue weighted by Gasteiger charge is 2.37. The molecule has 2 nitrogen and oxygen atoms in total. The first-order valence-electron chi connectivity index (χ1n) is 11.7. The zero-order chi connectivity index (χ0) is 22.5. The fourth-order valence-electron chi connectivity index (χ4n) is 5.50. The average Bonchev–Trinajstić information content (AvgIpc) is 2.77. The van der Waals surface area contributed by atoms with Crippen LogP contribution in [0.3, 0.4) is 0 Å². The van der Waals surface area contributed by atoms with E-state index >= 15 is 0 Å². The Morgan fingerprint density at radius 1 is 0.906 bits per heavy atom. The van der Waals surface area contributed by atoms with Crippen molar-refractivity contribution in [3.8, 4) is 0 Å². The minimum atomic E-state index is -0.338. The van der Waals surface area contributed by atoms with Gasteiger partial charge < -0.3 is 10.4 Å². The summed E-state index contributed by atoms with van der Waals surface area (Å²) in [6.07, 6.45) is 2.13. The summed E-state index contributed by atoms with van der Waals surface area (Å²) < 4.78 is 0. The molecule has 1 aliphatic rings. The van der Waals surface area contributed by atoms with Crippen LogP contribution in [0.2, 0.25) is 0 Å². The second-order valence-corrected chi connectivity index (χ2v) is 10.8. The molecule has 0 aliphatic heterocycles. The number of aliphatic hydroxyl groups excluding tert-OH is 1. The molecule has 0 amide bonds. The molecule has 2 heteroatoms. The molecule has 0 aromatic heterocycles. The Bertz CT molecular complexity index is 1300. The number of hydrogen-bond donors (Lipinski definition) is 2. The predicted molar refractivity (Wildman–Crippen MR) is 137 cm³/mol. The van der Waals surface area contributed by atoms with Gasteiger partial charge in [0.25, 0.3) is 0 Å². The van der Waals surface area contributed by atoms with Crippen LogP contribution in [0.5, 0.6) is 0 Å². The number of nitrogens with one attached hydrogen (secondary N) is 1. The lowest BCUT2D eigenvalue weighted by Crippen LogP contribution is -2.35. The molecule has 0 heterocycles. The van der Waals surface area contributed by atoms with Crippen molar-refractivity contribution in [2.24, 2.45) is 5.41 Å². The molecule has 0 bridgehead atoms. The van der Waals surface area contributed by atoms with Crippen molar-refractivity contribution in [3.05, 3.63) is 89.5 Å². The molecule has 0 saturated heterocycles. The van der Waals surface area contributed by atoms with Crippen LogP contribution >= 0.6 is 0 Å². The van der Waals surface area contributed by atoms with Gasteiger partial charge in [-0.25, -0.2) is 0 Å². The van der Waals surface area contributed by atoms with Crippen LogP contribution in [0.4, 0.5) is 5.69 Å². The minimum absolute atomic E-state index is 0.0985. The van der Waals surface area contributed by atoms with E-state index < -0.39 is 0 Å². The molecule has 0 saturated carbocycles. The summed E-state index contributed by atoms with van der Waals surface area (Å²) >= 11 is 0. The molecule has 0 spiro atoms. The lowest BCUT2D eigenvalue weighted by molar-refractivity contribution is 0.234. The molecule has 1 aliphatic carbocycles. The highest BCUT2D eigenvalue weighted by molar-refractivity contribution is 6.08. The summed E-state index contributed by atoms with van der Waals surface area (Å²) in [6.45, 7) is 8.97. The van der Waals surface area contributed by atoms with Gasteiger partial charge in [0.2, 0.25) is 0 Å². The summed E-state index contributed by atoms with van der Waals surface area (Å²) in [4.78, 5) is 0. The number of benzene rings is 4. The first-order valence-corrected chi connectivity index (χ1v) is 11.7. The molecule has 5 rings (SSSR count). The van der Waals surface area contributed by atoms with Crippen LogP contribution in [-0.4, -0.2) is 17.3 Å². The standard InChI is InChI=1S/C30H33NO/c1-29(2)18-27-21(13-15-25-24-11-6-5-8-20(24)12-14-26(25)27)17-28(29)22-9-7-10-23(16-22)31-30(3,4)19-32/h5-16,28,31-32H,17-19H2,1-4H3. The summed E-state index contributed by atoms with van der Waals surface area (Å²) in [5.74, 6) is 0.451. The molecular weight excluding hydrogens is 390 g/mol. The first kappa shape index (κ1) is 21.0. The fraction of sp³-hybridized carbons (Fsp3) is 0.333. The zero-order valence-corrected chi connectivity index (χ0v) is 19.6. The molecule has 4 aromatic rings. The third kappa shape index (κ3) is 3.67. The smallest absolute Gasteiger partial charge is 0.0656 e. The van der Waals surface area contributed by atoms with Crippen LogP contribution in [0.1, 0.15) is 50.3 Å². The van der Waals surface area contributed by atoms with Crippen molar-refractivity contribution in [1.82, 2.24) is 0 Å². The van der Waals surface area contributed by atoms with Gasteiger partial charge in [-0.2, -0.15) is 0 Å². The van der Waals surface area contributed by atoms with E-state index in [0.29, 0.717) is 5.92 Å². The van der Waals surface area contributed by atoms with Gasteiger partial charge in [0.15, 0.2) is 0 Å².